The molecule has 0 spiro atoms. The molecule has 0 heterocycles. The molecule has 0 aromatic carbocycles. The number of nitrogens with zero attached hydrogens (tertiary/aromatic N) is 1. The summed E-state index contributed by atoms with van der Waals surface area (Å²) in [5, 5.41) is 0. The molecule has 0 rings (SSSR count). The summed E-state index contributed by atoms with van der Waals surface area (Å²) in [6.07, 6.45) is 36.0. The van der Waals surface area contributed by atoms with Crippen LogP contribution >= 0.6 is 0 Å². The van der Waals surface area contributed by atoms with Crippen molar-refractivity contribution in [3.63, 3.8) is 0 Å². The van der Waals surface area contributed by atoms with E-state index in [2.05, 4.69) is 57.1 Å². The van der Waals surface area contributed by atoms with Gasteiger partial charge in [0.2, 0.25) is 0 Å². The maximum absolute atomic E-state index is 6.03. The second-order valence-corrected chi connectivity index (χ2v) is 10.2. The van der Waals surface area contributed by atoms with Gasteiger partial charge in [-0.05, 0) is 59.0 Å². The number of likely N-dealkylation sites (N-methyl/N-ethyl adjacent to an activating group) is 1. The first kappa shape index (κ1) is 32.4. The molecular weight excluding hydrogens is 402 g/mol. The van der Waals surface area contributed by atoms with E-state index in [9.17, 15) is 0 Å². The Kier molecular flexibility index (Phi) is 27.1. The minimum absolute atomic E-state index is 0.588. The smallest absolute Gasteiger partial charge is 0.0621 e. The standard InChI is InChI=1S/C31H61NO/c1-5-7-9-11-13-14-15-16-17-18-19-20-21-23-25-27-29-33-30-31(32(3)4)28-26-24-22-12-10-8-6-2/h13-14,16-17,31H,5-12,15,18-30H2,1-4H3/t31-/m0/s1. The highest BCUT2D eigenvalue weighted by Crippen LogP contribution is 2.13. The molecule has 0 N–H and O–H groups in total. The third kappa shape index (κ3) is 25.9. The molecule has 0 aromatic heterocycles. The molecule has 0 aromatic rings. The van der Waals surface area contributed by atoms with Crippen molar-refractivity contribution >= 4 is 0 Å². The average molecular weight is 464 g/mol. The Bertz CT molecular complexity index is 415. The highest BCUT2D eigenvalue weighted by molar-refractivity contribution is 4.92. The van der Waals surface area contributed by atoms with E-state index < -0.39 is 0 Å². The zero-order valence-corrected chi connectivity index (χ0v) is 23.3. The van der Waals surface area contributed by atoms with Gasteiger partial charge in [0.1, 0.15) is 0 Å². The topological polar surface area (TPSA) is 12.5 Å². The van der Waals surface area contributed by atoms with E-state index in [0.29, 0.717) is 6.04 Å². The summed E-state index contributed by atoms with van der Waals surface area (Å²) in [5.41, 5.74) is 0. The molecule has 1 atom stereocenters. The zero-order valence-electron chi connectivity index (χ0n) is 23.3. The first-order chi connectivity index (χ1) is 16.2. The number of unbranched alkanes of at least 4 members (excludes halogenated alkanes) is 15. The maximum atomic E-state index is 6.03. The van der Waals surface area contributed by atoms with Gasteiger partial charge in [-0.3, -0.25) is 0 Å². The van der Waals surface area contributed by atoms with Gasteiger partial charge < -0.3 is 9.64 Å². The molecule has 0 saturated carbocycles. The molecule has 0 unspecified atom stereocenters. The van der Waals surface area contributed by atoms with E-state index in [4.69, 9.17) is 4.74 Å². The predicted molar refractivity (Wildman–Crippen MR) is 150 cm³/mol. The summed E-state index contributed by atoms with van der Waals surface area (Å²) in [4.78, 5) is 2.36. The minimum atomic E-state index is 0.588. The van der Waals surface area contributed by atoms with Crippen LogP contribution in [-0.2, 0) is 4.74 Å². The lowest BCUT2D eigenvalue weighted by atomic mass is 10.0. The lowest BCUT2D eigenvalue weighted by Crippen LogP contribution is -2.32. The van der Waals surface area contributed by atoms with Crippen LogP contribution in [0, 0.1) is 0 Å². The largest absolute Gasteiger partial charge is 0.380 e. The molecule has 0 fully saturated rings. The van der Waals surface area contributed by atoms with Crippen LogP contribution in [0.3, 0.4) is 0 Å². The maximum Gasteiger partial charge on any atom is 0.0621 e. The first-order valence-corrected chi connectivity index (χ1v) is 14.8. The SMILES string of the molecule is CCCCCC=CCC=CCCCCCCCCOC[C@H](CCCCCCCCC)N(C)C. The zero-order chi connectivity index (χ0) is 24.2. The predicted octanol–water partition coefficient (Wildman–Crippen LogP) is 9.89. The van der Waals surface area contributed by atoms with Crippen LogP contribution in [-0.4, -0.2) is 38.3 Å². The van der Waals surface area contributed by atoms with Gasteiger partial charge in [0.25, 0.3) is 0 Å². The van der Waals surface area contributed by atoms with Gasteiger partial charge >= 0.3 is 0 Å². The average Bonchev–Trinajstić information content (AvgIpc) is 2.81. The second-order valence-electron chi connectivity index (χ2n) is 10.2. The molecule has 0 aliphatic heterocycles. The molecule has 0 aliphatic carbocycles. The molecular formula is C31H61NO. The van der Waals surface area contributed by atoms with Crippen molar-refractivity contribution in [3.05, 3.63) is 24.3 Å². The highest BCUT2D eigenvalue weighted by atomic mass is 16.5. The Labute approximate surface area is 209 Å². The van der Waals surface area contributed by atoms with Crippen LogP contribution in [0.2, 0.25) is 0 Å². The molecule has 196 valence electrons. The number of hydrogen-bond donors (Lipinski definition) is 0. The van der Waals surface area contributed by atoms with Gasteiger partial charge in [-0.1, -0.05) is 122 Å². The van der Waals surface area contributed by atoms with Gasteiger partial charge in [-0.25, -0.2) is 0 Å². The Morgan fingerprint density at radius 1 is 0.576 bits per heavy atom. The second kappa shape index (κ2) is 27.6. The van der Waals surface area contributed by atoms with E-state index in [0.717, 1.165) is 19.6 Å². The fourth-order valence-electron chi connectivity index (χ4n) is 4.24. The van der Waals surface area contributed by atoms with E-state index >= 15 is 0 Å². The van der Waals surface area contributed by atoms with E-state index in [1.807, 2.05) is 0 Å². The summed E-state index contributed by atoms with van der Waals surface area (Å²) in [6.45, 7) is 6.40. The number of ether oxygens (including phenoxy) is 1. The molecule has 2 nitrogen and oxygen atoms in total. The third-order valence-electron chi connectivity index (χ3n) is 6.67. The summed E-state index contributed by atoms with van der Waals surface area (Å²) in [5.74, 6) is 0. The molecule has 0 bridgehead atoms. The molecule has 0 amide bonds. The number of hydrogen-bond acceptors (Lipinski definition) is 2. The molecule has 0 aliphatic rings. The molecule has 33 heavy (non-hydrogen) atoms. The van der Waals surface area contributed by atoms with Crippen molar-refractivity contribution in [2.45, 2.75) is 148 Å². The molecule has 2 heteroatoms. The number of allylic oxidation sites excluding steroid dienone is 4. The van der Waals surface area contributed by atoms with Crippen molar-refractivity contribution in [2.24, 2.45) is 0 Å². The Balaban J connectivity index is 3.44. The Morgan fingerprint density at radius 2 is 1.06 bits per heavy atom. The van der Waals surface area contributed by atoms with Gasteiger partial charge in [0, 0.05) is 12.6 Å². The van der Waals surface area contributed by atoms with Gasteiger partial charge in [0.15, 0.2) is 0 Å². The van der Waals surface area contributed by atoms with Crippen LogP contribution in [0.5, 0.6) is 0 Å². The lowest BCUT2D eigenvalue weighted by molar-refractivity contribution is 0.0721. The summed E-state index contributed by atoms with van der Waals surface area (Å²) in [6, 6.07) is 0.588. The monoisotopic (exact) mass is 463 g/mol. The van der Waals surface area contributed by atoms with Crippen molar-refractivity contribution < 1.29 is 4.74 Å². The van der Waals surface area contributed by atoms with Crippen LogP contribution < -0.4 is 0 Å². The van der Waals surface area contributed by atoms with Crippen LogP contribution in [0.4, 0.5) is 0 Å². The summed E-state index contributed by atoms with van der Waals surface area (Å²) < 4.78 is 6.03. The minimum Gasteiger partial charge on any atom is -0.380 e. The quantitative estimate of drug-likeness (QED) is 0.0934. The van der Waals surface area contributed by atoms with E-state index in [1.165, 1.54) is 122 Å². The third-order valence-corrected chi connectivity index (χ3v) is 6.67. The first-order valence-electron chi connectivity index (χ1n) is 14.8. The summed E-state index contributed by atoms with van der Waals surface area (Å²) >= 11 is 0. The van der Waals surface area contributed by atoms with E-state index in [-0.39, 0.29) is 0 Å². The van der Waals surface area contributed by atoms with Crippen LogP contribution in [0.15, 0.2) is 24.3 Å². The highest BCUT2D eigenvalue weighted by Gasteiger charge is 2.11. The van der Waals surface area contributed by atoms with Crippen molar-refractivity contribution in [2.75, 3.05) is 27.3 Å². The lowest BCUT2D eigenvalue weighted by Gasteiger charge is -2.24. The number of rotatable bonds is 26. The molecule has 0 radical (unpaired) electrons. The van der Waals surface area contributed by atoms with Crippen molar-refractivity contribution in [3.8, 4) is 0 Å². The fourth-order valence-corrected chi connectivity index (χ4v) is 4.24. The summed E-state index contributed by atoms with van der Waals surface area (Å²) in [7, 11) is 4.41. The van der Waals surface area contributed by atoms with Gasteiger partial charge in [0.05, 0.1) is 6.61 Å². The normalized spacial score (nSPS) is 13.1. The van der Waals surface area contributed by atoms with Crippen molar-refractivity contribution in [1.29, 1.82) is 0 Å². The van der Waals surface area contributed by atoms with Gasteiger partial charge in [-0.2, -0.15) is 0 Å². The van der Waals surface area contributed by atoms with Crippen LogP contribution in [0.1, 0.15) is 142 Å². The van der Waals surface area contributed by atoms with Crippen molar-refractivity contribution in [1.82, 2.24) is 4.90 Å². The van der Waals surface area contributed by atoms with Crippen LogP contribution in [0.25, 0.3) is 0 Å². The van der Waals surface area contributed by atoms with E-state index in [1.54, 1.807) is 0 Å². The Morgan fingerprint density at radius 3 is 1.67 bits per heavy atom. The molecule has 0 saturated heterocycles. The fraction of sp³-hybridized carbons (Fsp3) is 0.871. The van der Waals surface area contributed by atoms with Gasteiger partial charge in [-0.15, -0.1) is 0 Å². The Hall–Kier alpha value is -0.600.